The van der Waals surface area contributed by atoms with E-state index < -0.39 is 12.0 Å². The molecular weight excluding hydrogens is 178 g/mol. The molecule has 0 saturated carbocycles. The summed E-state index contributed by atoms with van der Waals surface area (Å²) in [4.78, 5) is 23.0. The minimum absolute atomic E-state index is 0.195. The summed E-state index contributed by atoms with van der Waals surface area (Å²) < 4.78 is 0. The summed E-state index contributed by atoms with van der Waals surface area (Å²) >= 11 is 4.11. The molecule has 1 aliphatic heterocycles. The lowest BCUT2D eigenvalue weighted by atomic mass is 10.2. The number of rotatable bonds is 1. The zero-order chi connectivity index (χ0) is 9.30. The minimum Gasteiger partial charge on any atom is -0.480 e. The van der Waals surface area contributed by atoms with Crippen molar-refractivity contribution in [2.75, 3.05) is 6.54 Å². The van der Waals surface area contributed by atoms with Gasteiger partial charge < -0.3 is 10.0 Å². The summed E-state index contributed by atoms with van der Waals surface area (Å²) in [6.07, 6.45) is 0.652. The Balaban J connectivity index is 2.77. The molecule has 1 fully saturated rings. The fourth-order valence-corrected chi connectivity index (χ4v) is 1.83. The fourth-order valence-electron chi connectivity index (χ4n) is 1.43. The van der Waals surface area contributed by atoms with Gasteiger partial charge in [0.2, 0.25) is 5.91 Å². The Labute approximate surface area is 76.0 Å². The largest absolute Gasteiger partial charge is 0.480 e. The molecule has 0 aromatic carbocycles. The molecule has 5 heteroatoms. The molecular formula is C7H11NO3S. The number of nitrogens with zero attached hydrogens (tertiary/aromatic N) is 1. The van der Waals surface area contributed by atoms with Crippen molar-refractivity contribution in [3.63, 3.8) is 0 Å². The predicted octanol–water partition coefficient (Wildman–Crippen LogP) is -0.00980. The molecule has 0 aromatic heterocycles. The van der Waals surface area contributed by atoms with Crippen LogP contribution >= 0.6 is 12.6 Å². The van der Waals surface area contributed by atoms with E-state index in [1.54, 1.807) is 0 Å². The number of thiol groups is 1. The Morgan fingerprint density at radius 3 is 2.50 bits per heavy atom. The molecule has 68 valence electrons. The molecule has 1 amide bonds. The molecule has 1 N–H and O–H groups in total. The first-order valence-corrected chi connectivity index (χ1v) is 4.23. The standard InChI is InChI=1S/C7H11NO3S/c1-4(9)8-3-2-5(12)6(8)7(10)11/h5-6,12H,2-3H2,1H3,(H,10,11). The lowest BCUT2D eigenvalue weighted by molar-refractivity contribution is -0.147. The first kappa shape index (κ1) is 9.38. The highest BCUT2D eigenvalue weighted by Gasteiger charge is 2.38. The number of hydrogen-bond acceptors (Lipinski definition) is 3. The van der Waals surface area contributed by atoms with Gasteiger partial charge in [-0.1, -0.05) is 0 Å². The van der Waals surface area contributed by atoms with E-state index in [-0.39, 0.29) is 11.2 Å². The highest BCUT2D eigenvalue weighted by molar-refractivity contribution is 7.81. The summed E-state index contributed by atoms with van der Waals surface area (Å²) in [5, 5.41) is 8.53. The average Bonchev–Trinajstić information content (AvgIpc) is 2.30. The van der Waals surface area contributed by atoms with Crippen LogP contribution in [0.5, 0.6) is 0 Å². The van der Waals surface area contributed by atoms with Crippen LogP contribution in [0.1, 0.15) is 13.3 Å². The van der Waals surface area contributed by atoms with Gasteiger partial charge in [0.25, 0.3) is 0 Å². The van der Waals surface area contributed by atoms with Crippen molar-refractivity contribution in [1.29, 1.82) is 0 Å². The van der Waals surface area contributed by atoms with Gasteiger partial charge in [-0.25, -0.2) is 4.79 Å². The zero-order valence-electron chi connectivity index (χ0n) is 6.73. The van der Waals surface area contributed by atoms with Crippen molar-refractivity contribution in [2.24, 2.45) is 0 Å². The monoisotopic (exact) mass is 189 g/mol. The van der Waals surface area contributed by atoms with Gasteiger partial charge in [-0.05, 0) is 6.42 Å². The minimum atomic E-state index is -0.970. The van der Waals surface area contributed by atoms with Gasteiger partial charge in [0.05, 0.1) is 0 Å². The lowest BCUT2D eigenvalue weighted by Gasteiger charge is -2.20. The predicted molar refractivity (Wildman–Crippen MR) is 46.2 cm³/mol. The first-order chi connectivity index (χ1) is 5.54. The van der Waals surface area contributed by atoms with E-state index in [0.717, 1.165) is 0 Å². The Morgan fingerprint density at radius 1 is 1.58 bits per heavy atom. The van der Waals surface area contributed by atoms with Crippen molar-refractivity contribution in [3.05, 3.63) is 0 Å². The summed E-state index contributed by atoms with van der Waals surface area (Å²) in [6.45, 7) is 1.88. The van der Waals surface area contributed by atoms with Crippen LogP contribution in [0.2, 0.25) is 0 Å². The van der Waals surface area contributed by atoms with E-state index in [2.05, 4.69) is 12.6 Å². The second kappa shape index (κ2) is 3.35. The molecule has 2 atom stereocenters. The molecule has 2 unspecified atom stereocenters. The Hall–Kier alpha value is -0.710. The maximum absolute atomic E-state index is 10.9. The zero-order valence-corrected chi connectivity index (χ0v) is 7.62. The van der Waals surface area contributed by atoms with Crippen LogP contribution in [0.25, 0.3) is 0 Å². The van der Waals surface area contributed by atoms with Crippen molar-refractivity contribution < 1.29 is 14.7 Å². The Morgan fingerprint density at radius 2 is 2.17 bits per heavy atom. The van der Waals surface area contributed by atoms with Gasteiger partial charge in [0.15, 0.2) is 0 Å². The molecule has 1 saturated heterocycles. The third-order valence-corrected chi connectivity index (χ3v) is 2.56. The average molecular weight is 189 g/mol. The van der Waals surface area contributed by atoms with Crippen LogP contribution in [-0.2, 0) is 9.59 Å². The van der Waals surface area contributed by atoms with Crippen LogP contribution in [0, 0.1) is 0 Å². The molecule has 4 nitrogen and oxygen atoms in total. The Kier molecular flexibility index (Phi) is 2.62. The lowest BCUT2D eigenvalue weighted by Crippen LogP contribution is -2.42. The number of aliphatic carboxylic acids is 1. The summed E-state index contributed by atoms with van der Waals surface area (Å²) in [5.74, 6) is -1.17. The van der Waals surface area contributed by atoms with E-state index in [0.29, 0.717) is 13.0 Å². The van der Waals surface area contributed by atoms with Gasteiger partial charge in [0.1, 0.15) is 6.04 Å². The first-order valence-electron chi connectivity index (χ1n) is 3.72. The molecule has 0 aromatic rings. The van der Waals surface area contributed by atoms with Crippen molar-refractivity contribution in [1.82, 2.24) is 4.90 Å². The topological polar surface area (TPSA) is 57.6 Å². The van der Waals surface area contributed by atoms with Crippen LogP contribution in [-0.4, -0.2) is 39.7 Å². The van der Waals surface area contributed by atoms with Gasteiger partial charge in [0, 0.05) is 18.7 Å². The van der Waals surface area contributed by atoms with Gasteiger partial charge in [-0.2, -0.15) is 12.6 Å². The smallest absolute Gasteiger partial charge is 0.327 e. The van der Waals surface area contributed by atoms with Crippen LogP contribution < -0.4 is 0 Å². The van der Waals surface area contributed by atoms with Crippen molar-refractivity contribution in [2.45, 2.75) is 24.6 Å². The number of carbonyl (C=O) groups is 2. The van der Waals surface area contributed by atoms with E-state index >= 15 is 0 Å². The molecule has 0 radical (unpaired) electrons. The van der Waals surface area contributed by atoms with E-state index in [9.17, 15) is 9.59 Å². The SMILES string of the molecule is CC(=O)N1CCC(S)C1C(=O)O. The van der Waals surface area contributed by atoms with Crippen LogP contribution in [0.4, 0.5) is 0 Å². The molecule has 1 aliphatic rings. The van der Waals surface area contributed by atoms with Gasteiger partial charge in [-0.15, -0.1) is 0 Å². The molecule has 0 spiro atoms. The maximum Gasteiger partial charge on any atom is 0.327 e. The number of amides is 1. The van der Waals surface area contributed by atoms with Crippen LogP contribution in [0.3, 0.4) is 0 Å². The number of carboxylic acid groups (broad SMARTS) is 1. The third kappa shape index (κ3) is 1.55. The number of carbonyl (C=O) groups excluding carboxylic acids is 1. The molecule has 0 aliphatic carbocycles. The molecule has 12 heavy (non-hydrogen) atoms. The second-order valence-electron chi connectivity index (χ2n) is 2.85. The van der Waals surface area contributed by atoms with Crippen LogP contribution in [0.15, 0.2) is 0 Å². The molecule has 1 heterocycles. The summed E-state index contributed by atoms with van der Waals surface area (Å²) in [6, 6.07) is -0.745. The quantitative estimate of drug-likeness (QED) is 0.570. The van der Waals surface area contributed by atoms with E-state index in [1.165, 1.54) is 11.8 Å². The normalized spacial score (nSPS) is 29.0. The summed E-state index contributed by atoms with van der Waals surface area (Å²) in [5.41, 5.74) is 0. The van der Waals surface area contributed by atoms with E-state index in [4.69, 9.17) is 5.11 Å². The number of likely N-dealkylation sites (tertiary alicyclic amines) is 1. The number of hydrogen-bond donors (Lipinski definition) is 2. The molecule has 1 rings (SSSR count). The number of carboxylic acids is 1. The summed E-state index contributed by atoms with van der Waals surface area (Å²) in [7, 11) is 0. The van der Waals surface area contributed by atoms with Gasteiger partial charge >= 0.3 is 5.97 Å². The molecule has 0 bridgehead atoms. The Bertz CT molecular complexity index is 219. The highest BCUT2D eigenvalue weighted by Crippen LogP contribution is 2.22. The van der Waals surface area contributed by atoms with E-state index in [1.807, 2.05) is 0 Å². The fraction of sp³-hybridized carbons (Fsp3) is 0.714. The maximum atomic E-state index is 10.9. The second-order valence-corrected chi connectivity index (χ2v) is 3.51. The highest BCUT2D eigenvalue weighted by atomic mass is 32.1. The van der Waals surface area contributed by atoms with Gasteiger partial charge in [-0.3, -0.25) is 4.79 Å². The van der Waals surface area contributed by atoms with Crippen molar-refractivity contribution >= 4 is 24.5 Å². The van der Waals surface area contributed by atoms with Crippen molar-refractivity contribution in [3.8, 4) is 0 Å². The third-order valence-electron chi connectivity index (χ3n) is 2.02.